The number of halogens is 7. The predicted octanol–water partition coefficient (Wildman–Crippen LogP) is 4.51. The zero-order chi connectivity index (χ0) is 14.7. The van der Waals surface area contributed by atoms with E-state index in [1.165, 1.54) is 0 Å². The molecule has 19 heavy (non-hydrogen) atoms. The van der Waals surface area contributed by atoms with E-state index in [1.54, 1.807) is 0 Å². The van der Waals surface area contributed by atoms with Gasteiger partial charge in [-0.25, -0.2) is 4.39 Å². The minimum absolute atomic E-state index is 0.0866. The number of rotatable bonds is 4. The predicted molar refractivity (Wildman–Crippen MR) is 58.4 cm³/mol. The topological polar surface area (TPSA) is 12.0 Å². The first-order valence-corrected chi connectivity index (χ1v) is 5.89. The Labute approximate surface area is 108 Å². The lowest BCUT2D eigenvalue weighted by atomic mass is 10.2. The van der Waals surface area contributed by atoms with Gasteiger partial charge in [0.15, 0.2) is 0 Å². The Balaban J connectivity index is 2.61. The van der Waals surface area contributed by atoms with Crippen LogP contribution in [0.2, 0.25) is 0 Å². The van der Waals surface area contributed by atoms with Crippen LogP contribution in [-0.2, 0) is 6.18 Å². The molecule has 0 radical (unpaired) electrons. The molecule has 0 saturated carbocycles. The maximum atomic E-state index is 12.9. The average molecular weight is 307 g/mol. The van der Waals surface area contributed by atoms with Crippen LogP contribution in [0, 0.1) is 5.82 Å². The third-order valence-electron chi connectivity index (χ3n) is 1.97. The van der Waals surface area contributed by atoms with Crippen molar-refractivity contribution >= 4 is 17.4 Å². The fraction of sp³-hybridized carbons (Fsp3) is 0.400. The first-order chi connectivity index (χ1) is 8.59. The molecule has 0 saturated heterocycles. The van der Waals surface area contributed by atoms with Gasteiger partial charge in [-0.05, 0) is 30.0 Å². The largest absolute Gasteiger partial charge is 0.441 e. The van der Waals surface area contributed by atoms with Gasteiger partial charge < -0.3 is 5.32 Å². The van der Waals surface area contributed by atoms with Gasteiger partial charge in [0.2, 0.25) is 0 Å². The third-order valence-corrected chi connectivity index (χ3v) is 2.70. The van der Waals surface area contributed by atoms with Crippen LogP contribution in [0.5, 0.6) is 0 Å². The number of nitrogens with one attached hydrogen (secondary N) is 1. The number of hydrogen-bond acceptors (Lipinski definition) is 2. The van der Waals surface area contributed by atoms with Gasteiger partial charge in [-0.3, -0.25) is 0 Å². The molecule has 1 aromatic rings. The molecule has 108 valence electrons. The smallest absolute Gasteiger partial charge is 0.384 e. The molecule has 1 aromatic carbocycles. The summed E-state index contributed by atoms with van der Waals surface area (Å²) in [6.07, 6.45) is -4.84. The minimum atomic E-state index is -4.84. The van der Waals surface area contributed by atoms with Crippen molar-refractivity contribution in [1.82, 2.24) is 0 Å². The second-order valence-electron chi connectivity index (χ2n) is 3.41. The van der Waals surface area contributed by atoms with Gasteiger partial charge in [-0.15, -0.1) is 0 Å². The van der Waals surface area contributed by atoms with Crippen molar-refractivity contribution in [3.05, 3.63) is 29.6 Å². The van der Waals surface area contributed by atoms with Crippen molar-refractivity contribution in [2.75, 3.05) is 17.6 Å². The Morgan fingerprint density at radius 2 is 1.68 bits per heavy atom. The Bertz CT molecular complexity index is 427. The molecule has 0 aliphatic heterocycles. The standard InChI is InChI=1S/C10H8F7NS/c11-8-2-1-6(5-7(8)9(12,13)14)18-3-4-19-10(15,16)17/h1-2,5,18H,3-4H2. The molecule has 0 spiro atoms. The molecule has 0 bridgehead atoms. The molecule has 1 N–H and O–H groups in total. The maximum Gasteiger partial charge on any atom is 0.441 e. The molecule has 0 aromatic heterocycles. The van der Waals surface area contributed by atoms with E-state index in [0.29, 0.717) is 12.1 Å². The summed E-state index contributed by atoms with van der Waals surface area (Å²) in [5.41, 5.74) is -5.93. The Morgan fingerprint density at radius 3 is 2.21 bits per heavy atom. The molecule has 1 rings (SSSR count). The highest BCUT2D eigenvalue weighted by atomic mass is 32.2. The van der Waals surface area contributed by atoms with Crippen LogP contribution in [0.1, 0.15) is 5.56 Å². The Morgan fingerprint density at radius 1 is 1.05 bits per heavy atom. The van der Waals surface area contributed by atoms with Crippen molar-refractivity contribution in [2.24, 2.45) is 0 Å². The highest BCUT2D eigenvalue weighted by Crippen LogP contribution is 2.33. The van der Waals surface area contributed by atoms with Crippen molar-refractivity contribution in [2.45, 2.75) is 11.7 Å². The van der Waals surface area contributed by atoms with Crippen LogP contribution in [-0.4, -0.2) is 17.8 Å². The van der Waals surface area contributed by atoms with Gasteiger partial charge in [0, 0.05) is 18.0 Å². The zero-order valence-corrected chi connectivity index (χ0v) is 10.0. The van der Waals surface area contributed by atoms with Crippen molar-refractivity contribution in [3.8, 4) is 0 Å². The van der Waals surface area contributed by atoms with Crippen molar-refractivity contribution in [1.29, 1.82) is 0 Å². The van der Waals surface area contributed by atoms with Gasteiger partial charge in [-0.2, -0.15) is 26.3 Å². The van der Waals surface area contributed by atoms with E-state index in [4.69, 9.17) is 0 Å². The highest BCUT2D eigenvalue weighted by molar-refractivity contribution is 8.00. The summed E-state index contributed by atoms with van der Waals surface area (Å²) in [4.78, 5) is 0. The summed E-state index contributed by atoms with van der Waals surface area (Å²) in [5, 5.41) is 2.37. The number of thioether (sulfide) groups is 1. The summed E-state index contributed by atoms with van der Waals surface area (Å²) >= 11 is -0.293. The summed E-state index contributed by atoms with van der Waals surface area (Å²) in [5.74, 6) is -1.79. The van der Waals surface area contributed by atoms with E-state index < -0.39 is 23.1 Å². The molecule has 0 unspecified atom stereocenters. The van der Waals surface area contributed by atoms with Gasteiger partial charge in [0.1, 0.15) is 5.82 Å². The summed E-state index contributed by atoms with van der Waals surface area (Å²) < 4.78 is 85.3. The molecule has 1 nitrogen and oxygen atoms in total. The quantitative estimate of drug-likeness (QED) is 0.649. The van der Waals surface area contributed by atoms with Crippen LogP contribution >= 0.6 is 11.8 Å². The molecular weight excluding hydrogens is 299 g/mol. The van der Waals surface area contributed by atoms with Crippen molar-refractivity contribution < 1.29 is 30.7 Å². The SMILES string of the molecule is Fc1ccc(NCCSC(F)(F)F)cc1C(F)(F)F. The molecule has 9 heteroatoms. The number of hydrogen-bond donors (Lipinski definition) is 1. The highest BCUT2D eigenvalue weighted by Gasteiger charge is 2.34. The van der Waals surface area contributed by atoms with Crippen molar-refractivity contribution in [3.63, 3.8) is 0 Å². The van der Waals surface area contributed by atoms with Crippen LogP contribution in [0.3, 0.4) is 0 Å². The molecule has 0 atom stereocenters. The minimum Gasteiger partial charge on any atom is -0.384 e. The van der Waals surface area contributed by atoms with E-state index in [0.717, 1.165) is 6.07 Å². The van der Waals surface area contributed by atoms with Gasteiger partial charge in [0.05, 0.1) is 5.56 Å². The lowest BCUT2D eigenvalue weighted by Gasteiger charge is -2.12. The zero-order valence-electron chi connectivity index (χ0n) is 9.20. The summed E-state index contributed by atoms with van der Waals surface area (Å²) in [6, 6.07) is 2.17. The molecule has 0 aliphatic carbocycles. The summed E-state index contributed by atoms with van der Waals surface area (Å²) in [6.45, 7) is -0.187. The molecule has 0 amide bonds. The molecular formula is C10H8F7NS. The summed E-state index contributed by atoms with van der Waals surface area (Å²) in [7, 11) is 0. The first kappa shape index (κ1) is 15.9. The van der Waals surface area contributed by atoms with E-state index in [2.05, 4.69) is 5.32 Å². The third kappa shape index (κ3) is 5.58. The van der Waals surface area contributed by atoms with Gasteiger partial charge >= 0.3 is 11.7 Å². The Kier molecular flexibility index (Phi) is 4.94. The van der Waals surface area contributed by atoms with Crippen LogP contribution in [0.4, 0.5) is 36.4 Å². The van der Waals surface area contributed by atoms with E-state index in [9.17, 15) is 30.7 Å². The second kappa shape index (κ2) is 5.89. The lowest BCUT2D eigenvalue weighted by molar-refractivity contribution is -0.139. The van der Waals surface area contributed by atoms with Crippen LogP contribution in [0.25, 0.3) is 0 Å². The van der Waals surface area contributed by atoms with Gasteiger partial charge in [0.25, 0.3) is 0 Å². The Hall–Kier alpha value is -1.12. The molecule has 0 fully saturated rings. The van der Waals surface area contributed by atoms with E-state index in [1.807, 2.05) is 0 Å². The van der Waals surface area contributed by atoms with E-state index >= 15 is 0 Å². The second-order valence-corrected chi connectivity index (χ2v) is 4.57. The monoisotopic (exact) mass is 307 g/mol. The fourth-order valence-corrected chi connectivity index (χ4v) is 1.65. The van der Waals surface area contributed by atoms with Gasteiger partial charge in [-0.1, -0.05) is 0 Å². The molecule has 0 aliphatic rings. The first-order valence-electron chi connectivity index (χ1n) is 4.91. The van der Waals surface area contributed by atoms with Crippen LogP contribution in [0.15, 0.2) is 18.2 Å². The number of alkyl halides is 6. The molecule has 0 heterocycles. The average Bonchev–Trinajstić information content (AvgIpc) is 2.23. The maximum absolute atomic E-state index is 12.9. The van der Waals surface area contributed by atoms with Crippen LogP contribution < -0.4 is 5.32 Å². The number of benzene rings is 1. The number of anilines is 1. The normalized spacial score (nSPS) is 12.6. The van der Waals surface area contributed by atoms with E-state index in [-0.39, 0.29) is 29.7 Å². The lowest BCUT2D eigenvalue weighted by Crippen LogP contribution is -2.12. The fourth-order valence-electron chi connectivity index (χ4n) is 1.21.